The van der Waals surface area contributed by atoms with Crippen molar-refractivity contribution in [2.24, 2.45) is 0 Å². The molecule has 2 aromatic carbocycles. The Morgan fingerprint density at radius 1 is 1.24 bits per heavy atom. The molecule has 21 heavy (non-hydrogen) atoms. The standard InChI is InChI=1S/C17H17BrOS2/c1-19-13-6-7-16-14(11-13)17(20-9-8-18)10-12-4-2-3-5-15(12)21-16/h2-7,11,17H,8-10H2,1H3. The minimum atomic E-state index is 0.490. The fourth-order valence-electron chi connectivity index (χ4n) is 2.53. The predicted molar refractivity (Wildman–Crippen MR) is 96.3 cm³/mol. The highest BCUT2D eigenvalue weighted by Gasteiger charge is 2.23. The summed E-state index contributed by atoms with van der Waals surface area (Å²) in [6.07, 6.45) is 1.08. The number of halogens is 1. The van der Waals surface area contributed by atoms with Crippen molar-refractivity contribution >= 4 is 39.5 Å². The van der Waals surface area contributed by atoms with E-state index >= 15 is 0 Å². The van der Waals surface area contributed by atoms with Crippen LogP contribution in [0.3, 0.4) is 0 Å². The fourth-order valence-corrected chi connectivity index (χ4v) is 5.34. The van der Waals surface area contributed by atoms with Crippen LogP contribution in [-0.2, 0) is 6.42 Å². The Labute approximate surface area is 143 Å². The second kappa shape index (κ2) is 7.12. The molecule has 0 saturated carbocycles. The SMILES string of the molecule is COc1ccc2c(c1)C(SCCBr)Cc1ccccc1S2. The second-order valence-corrected chi connectivity index (χ2v) is 8.05. The maximum Gasteiger partial charge on any atom is 0.119 e. The van der Waals surface area contributed by atoms with Gasteiger partial charge in [-0.25, -0.2) is 0 Å². The molecule has 0 N–H and O–H groups in total. The van der Waals surface area contributed by atoms with Crippen molar-refractivity contribution in [3.63, 3.8) is 0 Å². The molecule has 0 fully saturated rings. The van der Waals surface area contributed by atoms with Crippen LogP contribution in [0.4, 0.5) is 0 Å². The summed E-state index contributed by atoms with van der Waals surface area (Å²) in [7, 11) is 1.74. The molecule has 0 aliphatic carbocycles. The van der Waals surface area contributed by atoms with Crippen molar-refractivity contribution in [2.45, 2.75) is 21.5 Å². The maximum atomic E-state index is 5.42. The number of hydrogen-bond acceptors (Lipinski definition) is 3. The minimum Gasteiger partial charge on any atom is -0.497 e. The molecule has 0 aromatic heterocycles. The first-order valence-corrected chi connectivity index (χ1v) is 9.91. The first kappa shape index (κ1) is 15.3. The van der Waals surface area contributed by atoms with E-state index < -0.39 is 0 Å². The lowest BCUT2D eigenvalue weighted by molar-refractivity contribution is 0.414. The molecule has 1 nitrogen and oxygen atoms in total. The van der Waals surface area contributed by atoms with Crippen LogP contribution in [0.5, 0.6) is 5.75 Å². The van der Waals surface area contributed by atoms with E-state index in [1.54, 1.807) is 7.11 Å². The lowest BCUT2D eigenvalue weighted by atomic mass is 10.0. The largest absolute Gasteiger partial charge is 0.497 e. The van der Waals surface area contributed by atoms with Crippen molar-refractivity contribution in [1.29, 1.82) is 0 Å². The van der Waals surface area contributed by atoms with Crippen LogP contribution in [0, 0.1) is 0 Å². The van der Waals surface area contributed by atoms with Gasteiger partial charge in [0.1, 0.15) is 5.75 Å². The molecule has 3 rings (SSSR count). The van der Waals surface area contributed by atoms with Crippen LogP contribution in [0.15, 0.2) is 52.3 Å². The van der Waals surface area contributed by atoms with Crippen molar-refractivity contribution in [3.8, 4) is 5.75 Å². The summed E-state index contributed by atoms with van der Waals surface area (Å²) in [5.41, 5.74) is 2.85. The molecule has 1 unspecified atom stereocenters. The Kier molecular flexibility index (Phi) is 5.19. The van der Waals surface area contributed by atoms with Gasteiger partial charge in [-0.3, -0.25) is 0 Å². The van der Waals surface area contributed by atoms with Crippen molar-refractivity contribution in [3.05, 3.63) is 53.6 Å². The highest BCUT2D eigenvalue weighted by molar-refractivity contribution is 9.09. The summed E-state index contributed by atoms with van der Waals surface area (Å²) in [6, 6.07) is 15.2. The number of thioether (sulfide) groups is 1. The topological polar surface area (TPSA) is 9.23 Å². The van der Waals surface area contributed by atoms with Gasteiger partial charge in [0.25, 0.3) is 0 Å². The van der Waals surface area contributed by atoms with E-state index in [-0.39, 0.29) is 0 Å². The molecule has 0 amide bonds. The molecule has 4 heteroatoms. The lowest BCUT2D eigenvalue weighted by Gasteiger charge is -2.17. The van der Waals surface area contributed by atoms with E-state index in [1.807, 2.05) is 23.5 Å². The summed E-state index contributed by atoms with van der Waals surface area (Å²) >= 11 is 7.44. The van der Waals surface area contributed by atoms with E-state index in [4.69, 9.17) is 4.74 Å². The second-order valence-electron chi connectivity index (χ2n) is 4.87. The third-order valence-corrected chi connectivity index (χ3v) is 6.95. The minimum absolute atomic E-state index is 0.490. The highest BCUT2D eigenvalue weighted by atomic mass is 79.9. The van der Waals surface area contributed by atoms with E-state index in [0.717, 1.165) is 23.3 Å². The molecule has 1 aliphatic heterocycles. The van der Waals surface area contributed by atoms with Gasteiger partial charge in [0.2, 0.25) is 0 Å². The zero-order valence-corrected chi connectivity index (χ0v) is 15.1. The Hall–Kier alpha value is -0.580. The van der Waals surface area contributed by atoms with Gasteiger partial charge in [0, 0.05) is 26.1 Å². The molecule has 0 spiro atoms. The van der Waals surface area contributed by atoms with Gasteiger partial charge in [-0.1, -0.05) is 45.9 Å². The van der Waals surface area contributed by atoms with Gasteiger partial charge in [0.05, 0.1) is 7.11 Å². The number of hydrogen-bond donors (Lipinski definition) is 0. The summed E-state index contributed by atoms with van der Waals surface area (Å²) in [5.74, 6) is 2.07. The van der Waals surface area contributed by atoms with Crippen LogP contribution in [0.2, 0.25) is 0 Å². The van der Waals surface area contributed by atoms with E-state index in [2.05, 4.69) is 58.4 Å². The molecule has 1 heterocycles. The first-order chi connectivity index (χ1) is 10.3. The van der Waals surface area contributed by atoms with Crippen molar-refractivity contribution < 1.29 is 4.74 Å². The summed E-state index contributed by atoms with van der Waals surface area (Å²) in [4.78, 5) is 2.73. The Morgan fingerprint density at radius 2 is 2.10 bits per heavy atom. The monoisotopic (exact) mass is 380 g/mol. The van der Waals surface area contributed by atoms with Gasteiger partial charge in [0.15, 0.2) is 0 Å². The van der Waals surface area contributed by atoms with Crippen LogP contribution in [0.1, 0.15) is 16.4 Å². The van der Waals surface area contributed by atoms with E-state index in [9.17, 15) is 0 Å². The number of methoxy groups -OCH3 is 1. The van der Waals surface area contributed by atoms with Crippen LogP contribution < -0.4 is 4.74 Å². The fraction of sp³-hybridized carbons (Fsp3) is 0.294. The van der Waals surface area contributed by atoms with Gasteiger partial charge >= 0.3 is 0 Å². The summed E-state index contributed by atoms with van der Waals surface area (Å²) < 4.78 is 5.42. The van der Waals surface area contributed by atoms with Crippen LogP contribution in [-0.4, -0.2) is 18.2 Å². The van der Waals surface area contributed by atoms with Crippen LogP contribution in [0.25, 0.3) is 0 Å². The van der Waals surface area contributed by atoms with E-state index in [1.165, 1.54) is 20.9 Å². The molecular weight excluding hydrogens is 364 g/mol. The zero-order chi connectivity index (χ0) is 14.7. The number of ether oxygens (including phenoxy) is 1. The van der Waals surface area contributed by atoms with E-state index in [0.29, 0.717) is 5.25 Å². The molecule has 0 radical (unpaired) electrons. The van der Waals surface area contributed by atoms with Gasteiger partial charge in [-0.15, -0.1) is 0 Å². The molecule has 2 aromatic rings. The Bertz CT molecular complexity index is 630. The average molecular weight is 381 g/mol. The maximum absolute atomic E-state index is 5.42. The Morgan fingerprint density at radius 3 is 2.90 bits per heavy atom. The molecule has 1 aliphatic rings. The zero-order valence-electron chi connectivity index (χ0n) is 11.8. The third-order valence-electron chi connectivity index (χ3n) is 3.56. The Balaban J connectivity index is 2.03. The van der Waals surface area contributed by atoms with Gasteiger partial charge in [-0.2, -0.15) is 11.8 Å². The lowest BCUT2D eigenvalue weighted by Crippen LogP contribution is -2.01. The first-order valence-electron chi connectivity index (χ1n) is 6.93. The normalized spacial score (nSPS) is 16.8. The molecule has 0 saturated heterocycles. The summed E-state index contributed by atoms with van der Waals surface area (Å²) in [5, 5.41) is 1.52. The van der Waals surface area contributed by atoms with Gasteiger partial charge < -0.3 is 4.74 Å². The number of rotatable bonds is 4. The van der Waals surface area contributed by atoms with Crippen molar-refractivity contribution in [1.82, 2.24) is 0 Å². The quantitative estimate of drug-likeness (QED) is 0.641. The van der Waals surface area contributed by atoms with Crippen LogP contribution >= 0.6 is 39.5 Å². The molecule has 0 bridgehead atoms. The molecular formula is C17H17BrOS2. The molecule has 110 valence electrons. The number of fused-ring (bicyclic) bond motifs is 2. The highest BCUT2D eigenvalue weighted by Crippen LogP contribution is 2.46. The summed E-state index contributed by atoms with van der Waals surface area (Å²) in [6.45, 7) is 0. The third kappa shape index (κ3) is 3.43. The molecule has 1 atom stereocenters. The number of alkyl halides is 1. The number of benzene rings is 2. The smallest absolute Gasteiger partial charge is 0.119 e. The van der Waals surface area contributed by atoms with Crippen molar-refractivity contribution in [2.75, 3.05) is 18.2 Å². The predicted octanol–water partition coefficient (Wildman–Crippen LogP) is 5.57. The average Bonchev–Trinajstić information content (AvgIpc) is 2.68. The van der Waals surface area contributed by atoms with Gasteiger partial charge in [-0.05, 0) is 41.8 Å².